The first-order valence-electron chi connectivity index (χ1n) is 8.23. The zero-order chi connectivity index (χ0) is 21.6. The molecule has 2 aromatic heterocycles. The van der Waals surface area contributed by atoms with E-state index < -0.39 is 22.2 Å². The van der Waals surface area contributed by atoms with Gasteiger partial charge in [-0.1, -0.05) is 17.7 Å². The molecule has 1 atom stereocenters. The number of rotatable bonds is 5. The van der Waals surface area contributed by atoms with Gasteiger partial charge in [0.25, 0.3) is 10.0 Å². The summed E-state index contributed by atoms with van der Waals surface area (Å²) in [5.41, 5.74) is 0.797. The quantitative estimate of drug-likeness (QED) is 0.494. The van der Waals surface area contributed by atoms with Gasteiger partial charge in [0.05, 0.1) is 17.4 Å². The van der Waals surface area contributed by atoms with E-state index in [1.165, 1.54) is 25.4 Å². The molecule has 0 fully saturated rings. The number of hydrogen-bond donors (Lipinski definition) is 1. The van der Waals surface area contributed by atoms with Crippen LogP contribution in [-0.2, 0) is 10.0 Å². The first kappa shape index (κ1) is 21.6. The molecule has 0 spiro atoms. The third-order valence-electron chi connectivity index (χ3n) is 4.15. The highest BCUT2D eigenvalue weighted by atomic mass is 127. The van der Waals surface area contributed by atoms with Crippen molar-refractivity contribution in [3.8, 4) is 6.01 Å². The van der Waals surface area contributed by atoms with Gasteiger partial charge >= 0.3 is 12.2 Å². The minimum Gasteiger partial charge on any atom is -0.467 e. The first-order valence-corrected chi connectivity index (χ1v) is 10.7. The normalized spacial score (nSPS) is 13.5. The summed E-state index contributed by atoms with van der Waals surface area (Å²) in [5.74, 6) is -0.168. The lowest BCUT2D eigenvalue weighted by Gasteiger charge is -2.18. The number of ether oxygens (including phenoxy) is 1. The number of anilines is 1. The molecule has 0 unspecified atom stereocenters. The standard InChI is InChI=1S/C17H16F3IN4O3S/c1-9-4-6-11(7-5-9)29(26,27)25-8-12(21)13-14(22-10(2)17(18,19)20)23-16(28-3)24-15(13)25/h4-8,10H,1-3H3,(H,22,23,24)/t10-/m1/s1. The van der Waals surface area contributed by atoms with Gasteiger partial charge in [-0.2, -0.15) is 23.1 Å². The lowest BCUT2D eigenvalue weighted by Crippen LogP contribution is -2.33. The second-order valence-electron chi connectivity index (χ2n) is 6.26. The molecule has 0 aliphatic carbocycles. The maximum absolute atomic E-state index is 13.1. The van der Waals surface area contributed by atoms with Crippen LogP contribution >= 0.6 is 22.6 Å². The van der Waals surface area contributed by atoms with Crippen LogP contribution in [0.4, 0.5) is 19.0 Å². The second kappa shape index (κ2) is 7.63. The SMILES string of the molecule is COc1nc(N[C@H](C)C(F)(F)F)c2c(I)cn(S(=O)(=O)c3ccc(C)cc3)c2n1. The molecule has 1 aromatic carbocycles. The molecular formula is C17H16F3IN4O3S. The predicted octanol–water partition coefficient (Wildman–Crippen LogP) is 3.95. The highest BCUT2D eigenvalue weighted by Gasteiger charge is 2.37. The second-order valence-corrected chi connectivity index (χ2v) is 9.23. The number of fused-ring (bicyclic) bond motifs is 1. The summed E-state index contributed by atoms with van der Waals surface area (Å²) in [5, 5.41) is 2.43. The Morgan fingerprint density at radius 3 is 2.38 bits per heavy atom. The number of methoxy groups -OCH3 is 1. The van der Waals surface area contributed by atoms with Crippen molar-refractivity contribution in [3.63, 3.8) is 0 Å². The Bertz CT molecular complexity index is 1160. The van der Waals surface area contributed by atoms with Gasteiger partial charge in [-0.25, -0.2) is 12.4 Å². The number of aryl methyl sites for hydroxylation is 1. The number of benzene rings is 1. The van der Waals surface area contributed by atoms with Crippen LogP contribution in [-0.4, -0.2) is 41.7 Å². The zero-order valence-corrected chi connectivity index (χ0v) is 18.4. The highest BCUT2D eigenvalue weighted by molar-refractivity contribution is 14.1. The van der Waals surface area contributed by atoms with E-state index in [1.807, 2.05) is 29.5 Å². The molecule has 0 aliphatic heterocycles. The minimum absolute atomic E-state index is 0.0205. The van der Waals surface area contributed by atoms with Crippen LogP contribution in [0.2, 0.25) is 0 Å². The molecule has 156 valence electrons. The van der Waals surface area contributed by atoms with Crippen LogP contribution in [0.3, 0.4) is 0 Å². The molecule has 7 nitrogen and oxygen atoms in total. The van der Waals surface area contributed by atoms with Gasteiger partial charge < -0.3 is 10.1 Å². The van der Waals surface area contributed by atoms with Crippen LogP contribution < -0.4 is 10.1 Å². The molecule has 1 N–H and O–H groups in total. The van der Waals surface area contributed by atoms with Gasteiger partial charge in [0.1, 0.15) is 11.9 Å². The summed E-state index contributed by atoms with van der Waals surface area (Å²) < 4.78 is 71.6. The molecule has 0 saturated carbocycles. The van der Waals surface area contributed by atoms with Crippen molar-refractivity contribution in [2.45, 2.75) is 31.0 Å². The first-order chi connectivity index (χ1) is 13.4. The van der Waals surface area contributed by atoms with Crippen LogP contribution in [0.1, 0.15) is 12.5 Å². The van der Waals surface area contributed by atoms with Gasteiger partial charge in [-0.15, -0.1) is 0 Å². The Hall–Kier alpha value is -2.09. The Balaban J connectivity index is 2.23. The van der Waals surface area contributed by atoms with Crippen LogP contribution in [0.25, 0.3) is 11.0 Å². The van der Waals surface area contributed by atoms with E-state index in [1.54, 1.807) is 12.1 Å². The molecule has 0 bridgehead atoms. The number of halogens is 4. The summed E-state index contributed by atoms with van der Waals surface area (Å²) in [6.07, 6.45) is -3.23. The van der Waals surface area contributed by atoms with E-state index >= 15 is 0 Å². The number of alkyl halides is 3. The van der Waals surface area contributed by atoms with Crippen molar-refractivity contribution in [1.29, 1.82) is 0 Å². The summed E-state index contributed by atoms with van der Waals surface area (Å²) in [6, 6.07) is 4.02. The number of hydrogen-bond acceptors (Lipinski definition) is 6. The monoisotopic (exact) mass is 540 g/mol. The largest absolute Gasteiger partial charge is 0.467 e. The number of nitrogens with zero attached hydrogens (tertiary/aromatic N) is 3. The summed E-state index contributed by atoms with van der Waals surface area (Å²) in [6.45, 7) is 2.76. The van der Waals surface area contributed by atoms with Crippen LogP contribution in [0.5, 0.6) is 6.01 Å². The van der Waals surface area contributed by atoms with Crippen molar-refractivity contribution in [1.82, 2.24) is 13.9 Å². The van der Waals surface area contributed by atoms with Crippen molar-refractivity contribution in [3.05, 3.63) is 39.6 Å². The van der Waals surface area contributed by atoms with Gasteiger partial charge in [-0.3, -0.25) is 0 Å². The molecule has 0 radical (unpaired) electrons. The van der Waals surface area contributed by atoms with Crippen LogP contribution in [0.15, 0.2) is 35.4 Å². The van der Waals surface area contributed by atoms with Crippen molar-refractivity contribution in [2.75, 3.05) is 12.4 Å². The lowest BCUT2D eigenvalue weighted by molar-refractivity contribution is -0.138. The van der Waals surface area contributed by atoms with E-state index in [-0.39, 0.29) is 27.8 Å². The van der Waals surface area contributed by atoms with E-state index in [2.05, 4.69) is 15.3 Å². The molecule has 0 amide bonds. The Morgan fingerprint density at radius 1 is 1.21 bits per heavy atom. The van der Waals surface area contributed by atoms with Crippen molar-refractivity contribution < 1.29 is 26.3 Å². The smallest absolute Gasteiger partial charge is 0.408 e. The Kier molecular flexibility index (Phi) is 5.69. The number of nitrogens with one attached hydrogen (secondary N) is 1. The van der Waals surface area contributed by atoms with Gasteiger partial charge in [0.15, 0.2) is 5.65 Å². The van der Waals surface area contributed by atoms with E-state index in [9.17, 15) is 21.6 Å². The predicted molar refractivity (Wildman–Crippen MR) is 110 cm³/mol. The summed E-state index contributed by atoms with van der Waals surface area (Å²) >= 11 is 1.83. The molecular weight excluding hydrogens is 524 g/mol. The number of aromatic nitrogens is 3. The highest BCUT2D eigenvalue weighted by Crippen LogP contribution is 2.33. The average molecular weight is 540 g/mol. The maximum atomic E-state index is 13.1. The fraction of sp³-hybridized carbons (Fsp3) is 0.294. The van der Waals surface area contributed by atoms with Gasteiger partial charge in [0, 0.05) is 9.77 Å². The summed E-state index contributed by atoms with van der Waals surface area (Å²) in [7, 11) is -2.80. The van der Waals surface area contributed by atoms with Gasteiger partial charge in [0.2, 0.25) is 0 Å². The molecule has 12 heteroatoms. The van der Waals surface area contributed by atoms with E-state index in [0.29, 0.717) is 3.57 Å². The molecule has 0 aliphatic rings. The van der Waals surface area contributed by atoms with Crippen molar-refractivity contribution in [2.24, 2.45) is 0 Å². The van der Waals surface area contributed by atoms with Gasteiger partial charge in [-0.05, 0) is 48.6 Å². The fourth-order valence-electron chi connectivity index (χ4n) is 2.53. The maximum Gasteiger partial charge on any atom is 0.408 e. The van der Waals surface area contributed by atoms with Crippen LogP contribution in [0, 0.1) is 10.5 Å². The third kappa shape index (κ3) is 4.13. The fourth-order valence-corrected chi connectivity index (χ4v) is 4.80. The molecule has 3 aromatic rings. The van der Waals surface area contributed by atoms with E-state index in [0.717, 1.165) is 16.5 Å². The third-order valence-corrected chi connectivity index (χ3v) is 6.63. The average Bonchev–Trinajstić information content (AvgIpc) is 2.98. The van der Waals surface area contributed by atoms with Crippen molar-refractivity contribution >= 4 is 49.5 Å². The minimum atomic E-state index is -4.52. The lowest BCUT2D eigenvalue weighted by atomic mass is 10.2. The molecule has 3 rings (SSSR count). The Labute approximate surface area is 178 Å². The topological polar surface area (TPSA) is 86.1 Å². The molecule has 0 saturated heterocycles. The Morgan fingerprint density at radius 2 is 1.83 bits per heavy atom. The zero-order valence-electron chi connectivity index (χ0n) is 15.5. The summed E-state index contributed by atoms with van der Waals surface area (Å²) in [4.78, 5) is 8.05. The van der Waals surface area contributed by atoms with E-state index in [4.69, 9.17) is 4.74 Å². The molecule has 29 heavy (non-hydrogen) atoms. The molecule has 2 heterocycles.